The summed E-state index contributed by atoms with van der Waals surface area (Å²) < 4.78 is 0. The number of carbonyl (C=O) groups excluding carboxylic acids is 2. The Morgan fingerprint density at radius 2 is 2.16 bits per heavy atom. The predicted octanol–water partition coefficient (Wildman–Crippen LogP) is 1.27. The number of hydrogen-bond donors (Lipinski definition) is 1. The van der Waals surface area contributed by atoms with Crippen molar-refractivity contribution in [1.82, 2.24) is 5.32 Å². The highest BCUT2D eigenvalue weighted by Crippen LogP contribution is 2.29. The van der Waals surface area contributed by atoms with Crippen molar-refractivity contribution in [2.24, 2.45) is 5.92 Å². The molecule has 1 unspecified atom stereocenters. The lowest BCUT2D eigenvalue weighted by Crippen LogP contribution is -2.41. The Bertz CT molecular complexity index is 539. The minimum atomic E-state index is -0.142. The number of hydrogen-bond acceptors (Lipinski definition) is 3. The van der Waals surface area contributed by atoms with Gasteiger partial charge in [0.25, 0.3) is 0 Å². The molecule has 0 spiro atoms. The van der Waals surface area contributed by atoms with Gasteiger partial charge >= 0.3 is 0 Å². The van der Waals surface area contributed by atoms with Crippen LogP contribution in [-0.2, 0) is 22.4 Å². The van der Waals surface area contributed by atoms with Gasteiger partial charge in [-0.3, -0.25) is 14.9 Å². The van der Waals surface area contributed by atoms with Crippen LogP contribution in [0.2, 0.25) is 0 Å². The van der Waals surface area contributed by atoms with Crippen LogP contribution in [0.15, 0.2) is 18.2 Å². The molecule has 2 aliphatic rings. The highest BCUT2D eigenvalue weighted by atomic mass is 16.2. The summed E-state index contributed by atoms with van der Waals surface area (Å²) in [5, 5.41) is 2.42. The molecule has 2 heterocycles. The van der Waals surface area contributed by atoms with Crippen molar-refractivity contribution in [2.45, 2.75) is 25.7 Å². The van der Waals surface area contributed by atoms with Crippen molar-refractivity contribution in [2.75, 3.05) is 18.5 Å². The molecule has 2 amide bonds. The Morgan fingerprint density at radius 3 is 2.95 bits per heavy atom. The maximum absolute atomic E-state index is 11.8. The molecule has 1 aromatic carbocycles. The van der Waals surface area contributed by atoms with E-state index in [1.165, 1.54) is 16.8 Å². The van der Waals surface area contributed by atoms with Gasteiger partial charge in [0, 0.05) is 31.6 Å². The molecule has 0 aliphatic carbocycles. The lowest BCUT2D eigenvalue weighted by Gasteiger charge is -2.21. The van der Waals surface area contributed by atoms with Crippen LogP contribution in [-0.4, -0.2) is 25.4 Å². The number of likely N-dealkylation sites (N-methyl/N-ethyl adjacent to an activating group) is 1. The van der Waals surface area contributed by atoms with Crippen molar-refractivity contribution < 1.29 is 9.59 Å². The number of carbonyl (C=O) groups is 2. The molecule has 2 aliphatic heterocycles. The predicted molar refractivity (Wildman–Crippen MR) is 73.0 cm³/mol. The first-order valence-electron chi connectivity index (χ1n) is 6.80. The number of nitrogens with one attached hydrogen (secondary N) is 1. The van der Waals surface area contributed by atoms with Gasteiger partial charge in [-0.25, -0.2) is 0 Å². The van der Waals surface area contributed by atoms with E-state index in [1.54, 1.807) is 0 Å². The molecule has 1 aromatic rings. The fraction of sp³-hybridized carbons (Fsp3) is 0.467. The third-order valence-electron chi connectivity index (χ3n) is 4.11. The number of anilines is 1. The molecule has 1 atom stereocenters. The Morgan fingerprint density at radius 1 is 1.32 bits per heavy atom. The number of nitrogens with zero attached hydrogens (tertiary/aromatic N) is 1. The fourth-order valence-electron chi connectivity index (χ4n) is 2.96. The molecule has 4 nitrogen and oxygen atoms in total. The summed E-state index contributed by atoms with van der Waals surface area (Å²) >= 11 is 0. The van der Waals surface area contributed by atoms with Crippen LogP contribution in [0.3, 0.4) is 0 Å². The molecule has 3 rings (SSSR count). The molecular weight excluding hydrogens is 240 g/mol. The minimum Gasteiger partial charge on any atom is -0.374 e. The van der Waals surface area contributed by atoms with Gasteiger partial charge in [-0.1, -0.05) is 12.1 Å². The van der Waals surface area contributed by atoms with Gasteiger partial charge in [0.05, 0.1) is 0 Å². The van der Waals surface area contributed by atoms with Crippen LogP contribution in [0.5, 0.6) is 0 Å². The fourth-order valence-corrected chi connectivity index (χ4v) is 2.96. The molecule has 0 saturated carbocycles. The zero-order valence-electron chi connectivity index (χ0n) is 11.1. The summed E-state index contributed by atoms with van der Waals surface area (Å²) in [4.78, 5) is 25.1. The smallest absolute Gasteiger partial charge is 0.230 e. The molecule has 4 heteroatoms. The second-order valence-electron chi connectivity index (χ2n) is 5.49. The molecular formula is C15H18N2O2. The topological polar surface area (TPSA) is 49.4 Å². The minimum absolute atomic E-state index is 0.0603. The van der Waals surface area contributed by atoms with Crippen LogP contribution in [0.1, 0.15) is 24.0 Å². The highest BCUT2D eigenvalue weighted by molar-refractivity contribution is 5.98. The van der Waals surface area contributed by atoms with Gasteiger partial charge in [-0.2, -0.15) is 0 Å². The van der Waals surface area contributed by atoms with E-state index in [0.717, 1.165) is 19.4 Å². The first-order chi connectivity index (χ1) is 9.13. The molecule has 0 bridgehead atoms. The zero-order chi connectivity index (χ0) is 13.4. The second-order valence-corrected chi connectivity index (χ2v) is 5.49. The van der Waals surface area contributed by atoms with E-state index in [1.807, 2.05) is 0 Å². The average molecular weight is 258 g/mol. The molecule has 1 saturated heterocycles. The van der Waals surface area contributed by atoms with Crippen molar-refractivity contribution in [3.05, 3.63) is 29.3 Å². The van der Waals surface area contributed by atoms with Crippen molar-refractivity contribution in [3.8, 4) is 0 Å². The van der Waals surface area contributed by atoms with E-state index < -0.39 is 0 Å². The summed E-state index contributed by atoms with van der Waals surface area (Å²) in [7, 11) is 2.10. The van der Waals surface area contributed by atoms with E-state index in [-0.39, 0.29) is 17.7 Å². The summed E-state index contributed by atoms with van der Waals surface area (Å²) in [5.74, 6) is -0.319. The lowest BCUT2D eigenvalue weighted by atomic mass is 9.90. The Hall–Kier alpha value is -1.84. The number of amides is 2. The molecule has 19 heavy (non-hydrogen) atoms. The van der Waals surface area contributed by atoms with E-state index in [0.29, 0.717) is 12.8 Å². The van der Waals surface area contributed by atoms with Gasteiger partial charge in [0.15, 0.2) is 0 Å². The molecule has 100 valence electrons. The number of imide groups is 1. The van der Waals surface area contributed by atoms with Crippen molar-refractivity contribution in [3.63, 3.8) is 0 Å². The van der Waals surface area contributed by atoms with Gasteiger partial charge in [-0.15, -0.1) is 0 Å². The molecule has 1 fully saturated rings. The number of piperidine rings is 1. The first kappa shape index (κ1) is 12.2. The average Bonchev–Trinajstić information content (AvgIpc) is 2.74. The third kappa shape index (κ3) is 2.35. The lowest BCUT2D eigenvalue weighted by molar-refractivity contribution is -0.136. The van der Waals surface area contributed by atoms with Gasteiger partial charge in [0.2, 0.25) is 11.8 Å². The Kier molecular flexibility index (Phi) is 3.01. The van der Waals surface area contributed by atoms with Crippen LogP contribution < -0.4 is 10.2 Å². The molecule has 0 aromatic heterocycles. The maximum Gasteiger partial charge on any atom is 0.230 e. The van der Waals surface area contributed by atoms with E-state index in [2.05, 4.69) is 35.5 Å². The Labute approximate surface area is 112 Å². The molecule has 0 radical (unpaired) electrons. The van der Waals surface area contributed by atoms with E-state index >= 15 is 0 Å². The number of benzene rings is 1. The van der Waals surface area contributed by atoms with Crippen molar-refractivity contribution >= 4 is 17.5 Å². The summed E-state index contributed by atoms with van der Waals surface area (Å²) in [6.45, 7) is 1.07. The van der Waals surface area contributed by atoms with Crippen LogP contribution in [0.4, 0.5) is 5.69 Å². The van der Waals surface area contributed by atoms with E-state index in [4.69, 9.17) is 0 Å². The third-order valence-corrected chi connectivity index (χ3v) is 4.11. The van der Waals surface area contributed by atoms with Crippen molar-refractivity contribution in [1.29, 1.82) is 0 Å². The standard InChI is InChI=1S/C15H18N2O2/c1-17-7-6-11-8-10(2-4-13(11)17)9-12-3-5-14(18)16-15(12)19/h2,4,8,12H,3,5-7,9H2,1H3,(H,16,18,19). The van der Waals surface area contributed by atoms with E-state index in [9.17, 15) is 9.59 Å². The Balaban J connectivity index is 1.74. The summed E-state index contributed by atoms with van der Waals surface area (Å²) in [6.07, 6.45) is 2.94. The summed E-state index contributed by atoms with van der Waals surface area (Å²) in [6, 6.07) is 6.45. The number of fused-ring (bicyclic) bond motifs is 1. The van der Waals surface area contributed by atoms with Crippen LogP contribution in [0.25, 0.3) is 0 Å². The highest BCUT2D eigenvalue weighted by Gasteiger charge is 2.27. The van der Waals surface area contributed by atoms with Gasteiger partial charge in [0.1, 0.15) is 0 Å². The monoisotopic (exact) mass is 258 g/mol. The summed E-state index contributed by atoms with van der Waals surface area (Å²) in [5.41, 5.74) is 3.86. The van der Waals surface area contributed by atoms with Crippen LogP contribution in [0, 0.1) is 5.92 Å². The molecule has 1 N–H and O–H groups in total. The first-order valence-corrected chi connectivity index (χ1v) is 6.80. The van der Waals surface area contributed by atoms with Gasteiger partial charge < -0.3 is 4.90 Å². The SMILES string of the molecule is CN1CCc2cc(CC3CCC(=O)NC3=O)ccc21. The maximum atomic E-state index is 11.8. The quantitative estimate of drug-likeness (QED) is 0.813. The van der Waals surface area contributed by atoms with Crippen LogP contribution >= 0.6 is 0 Å². The largest absolute Gasteiger partial charge is 0.374 e. The normalized spacial score (nSPS) is 22.4. The second kappa shape index (κ2) is 4.68. The van der Waals surface area contributed by atoms with Gasteiger partial charge in [-0.05, 0) is 36.5 Å². The zero-order valence-corrected chi connectivity index (χ0v) is 11.1. The number of rotatable bonds is 2.